The van der Waals surface area contributed by atoms with E-state index in [1.54, 1.807) is 0 Å². The monoisotopic (exact) mass is 156 g/mol. The number of ether oxygens (including phenoxy) is 2. The van der Waals surface area contributed by atoms with Crippen LogP contribution in [0.4, 0.5) is 0 Å². The van der Waals surface area contributed by atoms with Gasteiger partial charge in [-0.2, -0.15) is 0 Å². The summed E-state index contributed by atoms with van der Waals surface area (Å²) < 4.78 is 11.6. The Bertz CT molecular complexity index is 180. The van der Waals surface area contributed by atoms with Crippen molar-refractivity contribution in [3.05, 3.63) is 0 Å². The lowest BCUT2D eigenvalue weighted by atomic mass is 9.68. The van der Waals surface area contributed by atoms with Crippen molar-refractivity contribution in [1.82, 2.24) is 0 Å². The Morgan fingerprint density at radius 3 is 1.36 bits per heavy atom. The third kappa shape index (κ3) is 0.798. The molecule has 1 aliphatic heterocycles. The molecule has 1 saturated heterocycles. The van der Waals surface area contributed by atoms with Gasteiger partial charge in [0.2, 0.25) is 0 Å². The highest BCUT2D eigenvalue weighted by Crippen LogP contribution is 2.56. The minimum absolute atomic E-state index is 0.0174. The molecular weight excluding hydrogens is 140 g/mol. The molecule has 0 spiro atoms. The maximum absolute atomic E-state index is 5.82. The highest BCUT2D eigenvalue weighted by Gasteiger charge is 2.64. The lowest BCUT2D eigenvalue weighted by Crippen LogP contribution is -2.56. The molecule has 1 aliphatic carbocycles. The Morgan fingerprint density at radius 1 is 0.818 bits per heavy atom. The van der Waals surface area contributed by atoms with Crippen molar-refractivity contribution in [3.63, 3.8) is 0 Å². The van der Waals surface area contributed by atoms with Gasteiger partial charge in [-0.1, -0.05) is 0 Å². The van der Waals surface area contributed by atoms with E-state index < -0.39 is 0 Å². The van der Waals surface area contributed by atoms with Crippen LogP contribution in [0.5, 0.6) is 0 Å². The van der Waals surface area contributed by atoms with Crippen LogP contribution < -0.4 is 0 Å². The minimum atomic E-state index is -0.375. The first-order chi connectivity index (χ1) is 4.87. The summed E-state index contributed by atoms with van der Waals surface area (Å²) >= 11 is 0. The predicted octanol–water partition coefficient (Wildman–Crippen LogP) is 2.08. The maximum Gasteiger partial charge on any atom is 0.164 e. The number of rotatable bonds is 0. The zero-order chi connectivity index (χ0) is 8.33. The average Bonchev–Trinajstić information content (AvgIpc) is 1.91. The van der Waals surface area contributed by atoms with E-state index in [0.29, 0.717) is 0 Å². The molecule has 2 heteroatoms. The van der Waals surface area contributed by atoms with Crippen molar-refractivity contribution in [2.24, 2.45) is 0 Å². The van der Waals surface area contributed by atoms with E-state index in [0.717, 1.165) is 12.8 Å². The molecule has 0 bridgehead atoms. The molecule has 0 aromatic rings. The van der Waals surface area contributed by atoms with Crippen LogP contribution in [0.1, 0.15) is 40.5 Å². The second-order valence-corrected chi connectivity index (χ2v) is 4.57. The molecule has 2 atom stereocenters. The second-order valence-electron chi connectivity index (χ2n) is 4.57. The van der Waals surface area contributed by atoms with E-state index in [1.807, 2.05) is 13.8 Å². The fraction of sp³-hybridized carbons (Fsp3) is 1.00. The van der Waals surface area contributed by atoms with Crippen LogP contribution in [-0.4, -0.2) is 17.0 Å². The van der Waals surface area contributed by atoms with Crippen LogP contribution in [-0.2, 0) is 9.47 Å². The van der Waals surface area contributed by atoms with Gasteiger partial charge < -0.3 is 9.47 Å². The number of hydrogen-bond acceptors (Lipinski definition) is 2. The smallest absolute Gasteiger partial charge is 0.164 e. The molecule has 1 saturated carbocycles. The standard InChI is InChI=1S/C9H16O2/c1-7(2)10-8(3)5-6-9(8,4)11-7/h5-6H2,1-4H3. The van der Waals surface area contributed by atoms with Gasteiger partial charge in [0.05, 0.1) is 11.2 Å². The van der Waals surface area contributed by atoms with Gasteiger partial charge in [0.15, 0.2) is 5.79 Å². The third-order valence-corrected chi connectivity index (χ3v) is 3.14. The molecule has 0 aromatic heterocycles. The van der Waals surface area contributed by atoms with E-state index in [1.165, 1.54) is 0 Å². The van der Waals surface area contributed by atoms with Crippen molar-refractivity contribution in [3.8, 4) is 0 Å². The van der Waals surface area contributed by atoms with Crippen LogP contribution in [0.25, 0.3) is 0 Å². The Kier molecular flexibility index (Phi) is 1.13. The predicted molar refractivity (Wildman–Crippen MR) is 42.3 cm³/mol. The van der Waals surface area contributed by atoms with Crippen molar-refractivity contribution < 1.29 is 9.47 Å². The topological polar surface area (TPSA) is 18.5 Å². The van der Waals surface area contributed by atoms with Gasteiger partial charge in [-0.3, -0.25) is 0 Å². The van der Waals surface area contributed by atoms with Crippen molar-refractivity contribution in [1.29, 1.82) is 0 Å². The van der Waals surface area contributed by atoms with Gasteiger partial charge in [-0.25, -0.2) is 0 Å². The maximum atomic E-state index is 5.82. The molecule has 11 heavy (non-hydrogen) atoms. The van der Waals surface area contributed by atoms with Crippen LogP contribution >= 0.6 is 0 Å². The summed E-state index contributed by atoms with van der Waals surface area (Å²) in [6.45, 7) is 8.26. The van der Waals surface area contributed by atoms with Gasteiger partial charge in [0.25, 0.3) is 0 Å². The molecule has 2 nitrogen and oxygen atoms in total. The third-order valence-electron chi connectivity index (χ3n) is 3.14. The molecule has 2 fully saturated rings. The van der Waals surface area contributed by atoms with Crippen LogP contribution in [0.3, 0.4) is 0 Å². The van der Waals surface area contributed by atoms with Crippen LogP contribution in [0.2, 0.25) is 0 Å². The molecule has 2 unspecified atom stereocenters. The first-order valence-corrected chi connectivity index (χ1v) is 4.27. The van der Waals surface area contributed by atoms with E-state index in [4.69, 9.17) is 9.47 Å². The van der Waals surface area contributed by atoms with E-state index in [2.05, 4.69) is 13.8 Å². The average molecular weight is 156 g/mol. The Morgan fingerprint density at radius 2 is 1.18 bits per heavy atom. The molecule has 0 amide bonds. The molecular formula is C9H16O2. The molecule has 2 rings (SSSR count). The zero-order valence-electron chi connectivity index (χ0n) is 7.73. The molecule has 2 aliphatic rings. The van der Waals surface area contributed by atoms with Crippen LogP contribution in [0.15, 0.2) is 0 Å². The number of hydrogen-bond donors (Lipinski definition) is 0. The quantitative estimate of drug-likeness (QED) is 0.534. The second kappa shape index (κ2) is 1.64. The Hall–Kier alpha value is -0.0800. The summed E-state index contributed by atoms with van der Waals surface area (Å²) in [5, 5.41) is 0. The highest BCUT2D eigenvalue weighted by molar-refractivity contribution is 5.11. The summed E-state index contributed by atoms with van der Waals surface area (Å²) in [6, 6.07) is 0. The first kappa shape index (κ1) is 7.56. The van der Waals surface area contributed by atoms with Gasteiger partial charge >= 0.3 is 0 Å². The molecule has 1 heterocycles. The molecule has 0 N–H and O–H groups in total. The fourth-order valence-electron chi connectivity index (χ4n) is 2.25. The van der Waals surface area contributed by atoms with Gasteiger partial charge in [-0.05, 0) is 40.5 Å². The Labute approximate surface area is 67.9 Å². The van der Waals surface area contributed by atoms with Crippen molar-refractivity contribution in [2.45, 2.75) is 57.5 Å². The first-order valence-electron chi connectivity index (χ1n) is 4.27. The van der Waals surface area contributed by atoms with Gasteiger partial charge in [0.1, 0.15) is 0 Å². The lowest BCUT2D eigenvalue weighted by Gasteiger charge is -2.47. The fourth-order valence-corrected chi connectivity index (χ4v) is 2.25. The summed E-state index contributed by atoms with van der Waals surface area (Å²) in [7, 11) is 0. The SMILES string of the molecule is CC1(C)OC2(C)CCC2(C)O1. The molecule has 64 valence electrons. The van der Waals surface area contributed by atoms with Crippen molar-refractivity contribution >= 4 is 0 Å². The van der Waals surface area contributed by atoms with Crippen molar-refractivity contribution in [2.75, 3.05) is 0 Å². The minimum Gasteiger partial charge on any atom is -0.341 e. The van der Waals surface area contributed by atoms with Gasteiger partial charge in [0, 0.05) is 0 Å². The number of fused-ring (bicyclic) bond motifs is 1. The highest BCUT2D eigenvalue weighted by atomic mass is 16.8. The lowest BCUT2D eigenvalue weighted by molar-refractivity contribution is -0.157. The summed E-state index contributed by atoms with van der Waals surface area (Å²) in [5.74, 6) is -0.375. The van der Waals surface area contributed by atoms with Gasteiger partial charge in [-0.15, -0.1) is 0 Å². The summed E-state index contributed by atoms with van der Waals surface area (Å²) in [4.78, 5) is 0. The van der Waals surface area contributed by atoms with E-state index >= 15 is 0 Å². The van der Waals surface area contributed by atoms with E-state index in [-0.39, 0.29) is 17.0 Å². The zero-order valence-corrected chi connectivity index (χ0v) is 7.73. The summed E-state index contributed by atoms with van der Waals surface area (Å²) in [5.41, 5.74) is -0.0347. The Balaban J connectivity index is 2.28. The normalized spacial score (nSPS) is 53.5. The largest absolute Gasteiger partial charge is 0.341 e. The summed E-state index contributed by atoms with van der Waals surface area (Å²) in [6.07, 6.45) is 2.26. The molecule has 0 aromatic carbocycles. The van der Waals surface area contributed by atoms with E-state index in [9.17, 15) is 0 Å². The molecule has 0 radical (unpaired) electrons. The van der Waals surface area contributed by atoms with Crippen LogP contribution in [0, 0.1) is 0 Å².